The molecule has 2 rings (SSSR count). The van der Waals surface area contributed by atoms with E-state index in [1.54, 1.807) is 6.92 Å². The number of halogens is 1. The summed E-state index contributed by atoms with van der Waals surface area (Å²) in [6.07, 6.45) is -0.670. The molecule has 1 aliphatic heterocycles. The van der Waals surface area contributed by atoms with Gasteiger partial charge in [0.2, 0.25) is 6.10 Å². The zero-order chi connectivity index (χ0) is 15.2. The highest BCUT2D eigenvalue weighted by Gasteiger charge is 2.33. The largest absolute Gasteiger partial charge is 0.463 e. The minimum Gasteiger partial charge on any atom is -0.463 e. The summed E-state index contributed by atoms with van der Waals surface area (Å²) in [6, 6.07) is 4.77. The number of hydrogen-bond acceptors (Lipinski definition) is 5. The Morgan fingerprint density at radius 1 is 1.62 bits per heavy atom. The van der Waals surface area contributed by atoms with Crippen LogP contribution in [0.1, 0.15) is 24.9 Å². The van der Waals surface area contributed by atoms with Gasteiger partial charge in [0.15, 0.2) is 0 Å². The lowest BCUT2D eigenvalue weighted by Gasteiger charge is -2.10. The van der Waals surface area contributed by atoms with Crippen molar-refractivity contribution in [2.24, 2.45) is 10.3 Å². The van der Waals surface area contributed by atoms with Crippen LogP contribution in [0, 0.1) is 5.82 Å². The third-order valence-electron chi connectivity index (χ3n) is 2.91. The first-order valence-corrected chi connectivity index (χ1v) is 6.34. The number of nitrogens with zero attached hydrogens (tertiary/aromatic N) is 4. The first-order valence-electron chi connectivity index (χ1n) is 6.34. The van der Waals surface area contributed by atoms with Gasteiger partial charge < -0.3 is 9.57 Å². The molecule has 1 aromatic carbocycles. The van der Waals surface area contributed by atoms with Crippen LogP contribution in [0.4, 0.5) is 4.39 Å². The van der Waals surface area contributed by atoms with Crippen LogP contribution in [0.2, 0.25) is 0 Å². The van der Waals surface area contributed by atoms with Crippen molar-refractivity contribution < 1.29 is 18.8 Å². The maximum atomic E-state index is 12.9. The molecule has 1 aromatic rings. The number of ether oxygens (including phenoxy) is 1. The Labute approximate surface area is 120 Å². The van der Waals surface area contributed by atoms with E-state index in [4.69, 9.17) is 15.1 Å². The Balaban J connectivity index is 2.15. The van der Waals surface area contributed by atoms with E-state index in [0.717, 1.165) is 0 Å². The minimum atomic E-state index is -0.836. The maximum absolute atomic E-state index is 12.9. The van der Waals surface area contributed by atoms with E-state index in [9.17, 15) is 9.18 Å². The molecule has 0 radical (unpaired) electrons. The quantitative estimate of drug-likeness (QED) is 0.361. The van der Waals surface area contributed by atoms with Gasteiger partial charge in [0.1, 0.15) is 11.9 Å². The van der Waals surface area contributed by atoms with Crippen molar-refractivity contribution in [1.29, 1.82) is 0 Å². The van der Waals surface area contributed by atoms with Gasteiger partial charge in [-0.05, 0) is 30.2 Å². The molecule has 0 bridgehead atoms. The Hall–Kier alpha value is -2.60. The van der Waals surface area contributed by atoms with Crippen molar-refractivity contribution in [2.75, 3.05) is 6.61 Å². The second-order valence-corrected chi connectivity index (χ2v) is 4.29. The van der Waals surface area contributed by atoms with Crippen molar-refractivity contribution >= 4 is 11.7 Å². The highest BCUT2D eigenvalue weighted by atomic mass is 19.1. The van der Waals surface area contributed by atoms with Gasteiger partial charge in [-0.3, -0.25) is 0 Å². The van der Waals surface area contributed by atoms with Gasteiger partial charge in [-0.25, -0.2) is 9.18 Å². The van der Waals surface area contributed by atoms with E-state index in [2.05, 4.69) is 15.2 Å². The van der Waals surface area contributed by atoms with Crippen molar-refractivity contribution in [3.05, 3.63) is 46.1 Å². The van der Waals surface area contributed by atoms with E-state index in [1.807, 2.05) is 0 Å². The van der Waals surface area contributed by atoms with Crippen molar-refractivity contribution in [2.45, 2.75) is 25.5 Å². The third kappa shape index (κ3) is 3.49. The van der Waals surface area contributed by atoms with Gasteiger partial charge >= 0.3 is 5.97 Å². The molecule has 0 saturated heterocycles. The molecule has 7 nitrogen and oxygen atoms in total. The summed E-state index contributed by atoms with van der Waals surface area (Å²) in [5.41, 5.74) is 9.64. The molecule has 0 amide bonds. The van der Waals surface area contributed by atoms with Gasteiger partial charge in [-0.15, -0.1) is 0 Å². The van der Waals surface area contributed by atoms with E-state index < -0.39 is 23.9 Å². The second-order valence-electron chi connectivity index (χ2n) is 4.29. The third-order valence-corrected chi connectivity index (χ3v) is 2.91. The summed E-state index contributed by atoms with van der Waals surface area (Å²) in [5.74, 6) is -0.914. The van der Waals surface area contributed by atoms with Gasteiger partial charge in [-0.1, -0.05) is 22.4 Å². The Morgan fingerprint density at radius 3 is 2.95 bits per heavy atom. The molecule has 2 atom stereocenters. The number of carbonyl (C=O) groups is 1. The molecule has 0 spiro atoms. The van der Waals surface area contributed by atoms with E-state index >= 15 is 0 Å². The molecule has 0 saturated carbocycles. The van der Waals surface area contributed by atoms with Crippen LogP contribution < -0.4 is 0 Å². The molecule has 1 aliphatic rings. The number of esters is 1. The molecule has 110 valence electrons. The van der Waals surface area contributed by atoms with E-state index in [-0.39, 0.29) is 13.0 Å². The van der Waals surface area contributed by atoms with Crippen LogP contribution in [0.25, 0.3) is 10.4 Å². The topological polar surface area (TPSA) is 96.7 Å². The zero-order valence-electron chi connectivity index (χ0n) is 11.3. The van der Waals surface area contributed by atoms with Crippen LogP contribution in [-0.2, 0) is 14.4 Å². The number of hydrogen-bond donors (Lipinski definition) is 0. The van der Waals surface area contributed by atoms with E-state index in [0.29, 0.717) is 11.3 Å². The average Bonchev–Trinajstić information content (AvgIpc) is 2.96. The van der Waals surface area contributed by atoms with Crippen LogP contribution in [0.3, 0.4) is 0 Å². The molecule has 1 heterocycles. The molecule has 0 N–H and O–H groups in total. The van der Waals surface area contributed by atoms with Crippen molar-refractivity contribution in [3.8, 4) is 0 Å². The van der Waals surface area contributed by atoms with Gasteiger partial charge in [0.25, 0.3) is 0 Å². The first kappa shape index (κ1) is 14.8. The van der Waals surface area contributed by atoms with Crippen LogP contribution in [0.5, 0.6) is 0 Å². The fraction of sp³-hybridized carbons (Fsp3) is 0.385. The standard InChI is InChI=1S/C13H13FN4O3/c1-2-20-13(19)11-7-10(17-21-11)12(16-18-15)8-3-5-9(14)6-4-8/h3-6,11-12H,2,7H2,1H3. The van der Waals surface area contributed by atoms with Crippen molar-refractivity contribution in [3.63, 3.8) is 0 Å². The lowest BCUT2D eigenvalue weighted by molar-refractivity contribution is -0.154. The molecule has 8 heteroatoms. The molecule has 0 aliphatic carbocycles. The first-order chi connectivity index (χ1) is 10.2. The normalized spacial score (nSPS) is 18.2. The van der Waals surface area contributed by atoms with Crippen LogP contribution in [-0.4, -0.2) is 24.4 Å². The minimum absolute atomic E-state index is 0.167. The number of benzene rings is 1. The summed E-state index contributed by atoms with van der Waals surface area (Å²) in [4.78, 5) is 19.4. The average molecular weight is 292 g/mol. The van der Waals surface area contributed by atoms with Gasteiger partial charge in [-0.2, -0.15) is 0 Å². The Bertz CT molecular complexity index is 596. The summed E-state index contributed by atoms with van der Waals surface area (Å²) in [5, 5.41) is 7.44. The van der Waals surface area contributed by atoms with Crippen LogP contribution >= 0.6 is 0 Å². The Kier molecular flexibility index (Phi) is 4.73. The number of carbonyl (C=O) groups excluding carboxylic acids is 1. The zero-order valence-corrected chi connectivity index (χ0v) is 11.3. The number of oxime groups is 1. The molecule has 21 heavy (non-hydrogen) atoms. The van der Waals surface area contributed by atoms with Crippen LogP contribution in [0.15, 0.2) is 34.5 Å². The highest BCUT2D eigenvalue weighted by molar-refractivity contribution is 5.95. The molecule has 0 fully saturated rings. The fourth-order valence-corrected chi connectivity index (χ4v) is 1.94. The Morgan fingerprint density at radius 2 is 2.33 bits per heavy atom. The lowest BCUT2D eigenvalue weighted by Crippen LogP contribution is -2.24. The smallest absolute Gasteiger partial charge is 0.350 e. The van der Waals surface area contributed by atoms with Crippen molar-refractivity contribution in [1.82, 2.24) is 0 Å². The molecule has 0 aromatic heterocycles. The highest BCUT2D eigenvalue weighted by Crippen LogP contribution is 2.27. The monoisotopic (exact) mass is 292 g/mol. The molecular formula is C13H13FN4O3. The predicted molar refractivity (Wildman–Crippen MR) is 71.8 cm³/mol. The fourth-order valence-electron chi connectivity index (χ4n) is 1.94. The molecular weight excluding hydrogens is 279 g/mol. The van der Waals surface area contributed by atoms with E-state index in [1.165, 1.54) is 24.3 Å². The SMILES string of the molecule is CCOC(=O)C1CC(C(N=[N+]=[N-])c2ccc(F)cc2)=NO1. The summed E-state index contributed by atoms with van der Waals surface area (Å²) < 4.78 is 17.8. The summed E-state index contributed by atoms with van der Waals surface area (Å²) >= 11 is 0. The van der Waals surface area contributed by atoms with Gasteiger partial charge in [0.05, 0.1) is 12.3 Å². The van der Waals surface area contributed by atoms with Gasteiger partial charge in [0, 0.05) is 11.3 Å². The molecule has 2 unspecified atom stereocenters. The summed E-state index contributed by atoms with van der Waals surface area (Å²) in [7, 11) is 0. The number of rotatable bonds is 5. The second kappa shape index (κ2) is 6.71. The maximum Gasteiger partial charge on any atom is 0.350 e. The predicted octanol–water partition coefficient (Wildman–Crippen LogP) is 2.89. The number of azide groups is 1. The lowest BCUT2D eigenvalue weighted by atomic mass is 9.99. The summed E-state index contributed by atoms with van der Waals surface area (Å²) in [6.45, 7) is 1.93.